The van der Waals surface area contributed by atoms with Crippen LogP contribution in [0.4, 0.5) is 5.82 Å². The lowest BCUT2D eigenvalue weighted by Crippen LogP contribution is -2.08. The van der Waals surface area contributed by atoms with E-state index in [1.165, 1.54) is 22.0 Å². The van der Waals surface area contributed by atoms with Crippen LogP contribution < -0.4 is 5.32 Å². The van der Waals surface area contributed by atoms with Gasteiger partial charge in [0, 0.05) is 23.6 Å². The third-order valence-corrected chi connectivity index (χ3v) is 4.04. The number of H-pyrrole nitrogens is 1. The highest BCUT2D eigenvalue weighted by atomic mass is 15.4. The molecule has 0 unspecified atom stereocenters. The van der Waals surface area contributed by atoms with Crippen molar-refractivity contribution < 1.29 is 0 Å². The molecule has 0 bridgehead atoms. The Kier molecular flexibility index (Phi) is 3.22. The van der Waals surface area contributed by atoms with Crippen LogP contribution in [-0.2, 0) is 6.42 Å². The fraction of sp³-hybridized carbons (Fsp3) is 0.235. The van der Waals surface area contributed by atoms with Crippen LogP contribution in [0.1, 0.15) is 17.0 Å². The summed E-state index contributed by atoms with van der Waals surface area (Å²) >= 11 is 0. The summed E-state index contributed by atoms with van der Waals surface area (Å²) in [5.41, 5.74) is 4.54. The van der Waals surface area contributed by atoms with Gasteiger partial charge in [0.25, 0.3) is 0 Å². The first-order valence-electron chi connectivity index (χ1n) is 7.70. The third kappa shape index (κ3) is 2.52. The Hall–Kier alpha value is -2.89. The Labute approximate surface area is 133 Å². The Morgan fingerprint density at radius 1 is 1.13 bits per heavy atom. The number of nitrogens with zero attached hydrogens (tertiary/aromatic N) is 4. The summed E-state index contributed by atoms with van der Waals surface area (Å²) in [5.74, 6) is 1.62. The highest BCUT2D eigenvalue weighted by Crippen LogP contribution is 2.20. The van der Waals surface area contributed by atoms with Gasteiger partial charge >= 0.3 is 0 Å². The van der Waals surface area contributed by atoms with Crippen LogP contribution in [0.15, 0.2) is 36.5 Å². The van der Waals surface area contributed by atoms with Crippen LogP contribution in [-0.4, -0.2) is 31.3 Å². The molecular weight excluding hydrogens is 288 g/mol. The van der Waals surface area contributed by atoms with Crippen molar-refractivity contribution >= 4 is 22.4 Å². The Bertz CT molecular complexity index is 981. The number of anilines is 1. The average molecular weight is 306 g/mol. The summed E-state index contributed by atoms with van der Waals surface area (Å²) in [6.45, 7) is 4.82. The van der Waals surface area contributed by atoms with Crippen LogP contribution in [0, 0.1) is 13.8 Å². The third-order valence-electron chi connectivity index (χ3n) is 4.04. The van der Waals surface area contributed by atoms with Gasteiger partial charge in [0.05, 0.1) is 0 Å². The largest absolute Gasteiger partial charge is 0.368 e. The van der Waals surface area contributed by atoms with E-state index in [1.807, 2.05) is 19.1 Å². The van der Waals surface area contributed by atoms with E-state index in [0.29, 0.717) is 0 Å². The maximum Gasteiger partial charge on any atom is 0.178 e. The number of fused-ring (bicyclic) bond motifs is 2. The quantitative estimate of drug-likeness (QED) is 0.608. The van der Waals surface area contributed by atoms with Crippen molar-refractivity contribution in [2.24, 2.45) is 0 Å². The van der Waals surface area contributed by atoms with E-state index < -0.39 is 0 Å². The van der Waals surface area contributed by atoms with Crippen LogP contribution in [0.5, 0.6) is 0 Å². The lowest BCUT2D eigenvalue weighted by atomic mass is 10.1. The number of nitrogens with one attached hydrogen (secondary N) is 2. The minimum Gasteiger partial charge on any atom is -0.368 e. The van der Waals surface area contributed by atoms with Crippen LogP contribution in [0.2, 0.25) is 0 Å². The summed E-state index contributed by atoms with van der Waals surface area (Å²) in [6.07, 6.45) is 3.02. The van der Waals surface area contributed by atoms with E-state index in [1.54, 1.807) is 4.52 Å². The number of aromatic amines is 1. The number of rotatable bonds is 4. The summed E-state index contributed by atoms with van der Waals surface area (Å²) in [7, 11) is 0. The van der Waals surface area contributed by atoms with E-state index in [0.717, 1.165) is 30.3 Å². The maximum absolute atomic E-state index is 4.50. The number of hydrogen-bond donors (Lipinski definition) is 2. The van der Waals surface area contributed by atoms with Crippen molar-refractivity contribution in [3.63, 3.8) is 0 Å². The van der Waals surface area contributed by atoms with Crippen molar-refractivity contribution in [3.05, 3.63) is 53.5 Å². The molecule has 3 aromatic heterocycles. The Morgan fingerprint density at radius 2 is 2.04 bits per heavy atom. The molecule has 0 saturated carbocycles. The number of benzene rings is 1. The molecule has 0 aliphatic carbocycles. The molecule has 0 amide bonds. The van der Waals surface area contributed by atoms with E-state index in [-0.39, 0.29) is 0 Å². The molecule has 0 radical (unpaired) electrons. The monoisotopic (exact) mass is 306 g/mol. The van der Waals surface area contributed by atoms with Crippen molar-refractivity contribution in [2.75, 3.05) is 11.9 Å². The summed E-state index contributed by atoms with van der Waals surface area (Å²) < 4.78 is 1.75. The smallest absolute Gasteiger partial charge is 0.178 e. The number of aromatic nitrogens is 5. The van der Waals surface area contributed by atoms with Crippen molar-refractivity contribution in [2.45, 2.75) is 20.3 Å². The zero-order valence-corrected chi connectivity index (χ0v) is 13.2. The van der Waals surface area contributed by atoms with Crippen LogP contribution in [0.3, 0.4) is 0 Å². The molecule has 0 saturated heterocycles. The second-order valence-corrected chi connectivity index (χ2v) is 5.78. The van der Waals surface area contributed by atoms with Gasteiger partial charge in [-0.25, -0.2) is 0 Å². The van der Waals surface area contributed by atoms with E-state index >= 15 is 0 Å². The summed E-state index contributed by atoms with van der Waals surface area (Å²) in [6, 6.07) is 10.4. The van der Waals surface area contributed by atoms with E-state index in [4.69, 9.17) is 0 Å². The molecular formula is C17H18N6. The second kappa shape index (κ2) is 5.39. The highest BCUT2D eigenvalue weighted by molar-refractivity contribution is 5.83. The fourth-order valence-corrected chi connectivity index (χ4v) is 2.82. The second-order valence-electron chi connectivity index (χ2n) is 5.78. The first-order valence-corrected chi connectivity index (χ1v) is 7.70. The molecule has 2 N–H and O–H groups in total. The lowest BCUT2D eigenvalue weighted by Gasteiger charge is -2.05. The molecule has 0 aliphatic heterocycles. The molecule has 4 aromatic rings. The topological polar surface area (TPSA) is 70.9 Å². The van der Waals surface area contributed by atoms with Gasteiger partial charge in [-0.3, -0.25) is 0 Å². The molecule has 0 spiro atoms. The first kappa shape index (κ1) is 13.8. The first-order chi connectivity index (χ1) is 11.2. The zero-order valence-electron chi connectivity index (χ0n) is 13.2. The zero-order chi connectivity index (χ0) is 15.8. The Balaban J connectivity index is 1.48. The molecule has 3 heterocycles. The van der Waals surface area contributed by atoms with Gasteiger partial charge in [-0.05, 0) is 49.6 Å². The number of aryl methyl sites for hydroxylation is 2. The van der Waals surface area contributed by atoms with Gasteiger partial charge in [0.15, 0.2) is 11.5 Å². The molecule has 116 valence electrons. The molecule has 6 nitrogen and oxygen atoms in total. The molecule has 6 heteroatoms. The standard InChI is InChI=1S/C17H18N6/c1-11-3-4-14-13(10-19-15(14)9-11)7-8-18-16-5-6-17-21-20-12(2)23(17)22-16/h3-6,9-10,19H,7-8H2,1-2H3,(H,18,22). The average Bonchev–Trinajstić information content (AvgIpc) is 3.11. The van der Waals surface area contributed by atoms with Gasteiger partial charge in [0.1, 0.15) is 5.82 Å². The summed E-state index contributed by atoms with van der Waals surface area (Å²) in [5, 5.41) is 17.2. The lowest BCUT2D eigenvalue weighted by molar-refractivity contribution is 0.868. The highest BCUT2D eigenvalue weighted by Gasteiger charge is 2.05. The molecule has 0 atom stereocenters. The van der Waals surface area contributed by atoms with Gasteiger partial charge in [-0.1, -0.05) is 12.1 Å². The molecule has 4 rings (SSSR count). The predicted octanol–water partition coefficient (Wildman–Crippen LogP) is 2.88. The minimum absolute atomic E-state index is 0.764. The van der Waals surface area contributed by atoms with Crippen molar-refractivity contribution in [3.8, 4) is 0 Å². The van der Waals surface area contributed by atoms with Crippen molar-refractivity contribution in [1.29, 1.82) is 0 Å². The molecule has 23 heavy (non-hydrogen) atoms. The summed E-state index contributed by atoms with van der Waals surface area (Å²) in [4.78, 5) is 3.34. The Morgan fingerprint density at radius 3 is 2.96 bits per heavy atom. The number of hydrogen-bond acceptors (Lipinski definition) is 4. The fourth-order valence-electron chi connectivity index (χ4n) is 2.82. The SMILES string of the molecule is Cc1ccc2c(CCNc3ccc4nnc(C)n4n3)c[nH]c2c1. The van der Waals surface area contributed by atoms with Crippen LogP contribution in [0.25, 0.3) is 16.6 Å². The van der Waals surface area contributed by atoms with E-state index in [2.05, 4.69) is 56.9 Å². The van der Waals surface area contributed by atoms with Gasteiger partial charge in [-0.2, -0.15) is 4.52 Å². The van der Waals surface area contributed by atoms with Gasteiger partial charge in [-0.15, -0.1) is 15.3 Å². The minimum atomic E-state index is 0.764. The molecule has 0 aliphatic rings. The predicted molar refractivity (Wildman–Crippen MR) is 90.7 cm³/mol. The van der Waals surface area contributed by atoms with Crippen LogP contribution >= 0.6 is 0 Å². The molecule has 0 fully saturated rings. The maximum atomic E-state index is 4.50. The van der Waals surface area contributed by atoms with Gasteiger partial charge in [0.2, 0.25) is 0 Å². The molecule has 1 aromatic carbocycles. The van der Waals surface area contributed by atoms with Gasteiger partial charge < -0.3 is 10.3 Å². The normalized spacial score (nSPS) is 11.4. The van der Waals surface area contributed by atoms with Crippen molar-refractivity contribution in [1.82, 2.24) is 24.8 Å². The van der Waals surface area contributed by atoms with E-state index in [9.17, 15) is 0 Å².